The second-order valence-electron chi connectivity index (χ2n) is 4.60. The molecule has 0 fully saturated rings. The highest BCUT2D eigenvalue weighted by atomic mass is 16.5. The van der Waals surface area contributed by atoms with Crippen LogP contribution in [0.5, 0.6) is 11.5 Å². The number of fused-ring (bicyclic) bond motifs is 1. The maximum absolute atomic E-state index is 11.2. The van der Waals surface area contributed by atoms with Crippen molar-refractivity contribution in [1.82, 2.24) is 4.98 Å². The summed E-state index contributed by atoms with van der Waals surface area (Å²) in [7, 11) is 0. The fourth-order valence-corrected chi connectivity index (χ4v) is 2.24. The minimum absolute atomic E-state index is 0.0727. The molecule has 1 aromatic heterocycles. The highest BCUT2D eigenvalue weighted by Crippen LogP contribution is 2.27. The third-order valence-corrected chi connectivity index (χ3v) is 3.28. The number of ether oxygens (including phenoxy) is 1. The molecule has 0 atom stereocenters. The number of hydrogen-bond acceptors (Lipinski definition) is 3. The summed E-state index contributed by atoms with van der Waals surface area (Å²) in [5.74, 6) is -0.513. The predicted octanol–water partition coefficient (Wildman–Crippen LogP) is 3.15. The monoisotopic (exact) mass is 283 g/mol. The topological polar surface area (TPSA) is 82.6 Å². The van der Waals surface area contributed by atoms with Gasteiger partial charge in [0.25, 0.3) is 0 Å². The molecule has 21 heavy (non-hydrogen) atoms. The average Bonchev–Trinajstić information content (AvgIpc) is 2.89. The normalized spacial score (nSPS) is 10.7. The number of rotatable bonds is 4. The number of para-hydroxylation sites is 3. The Balaban J connectivity index is 1.90. The Bertz CT molecular complexity index is 807. The van der Waals surface area contributed by atoms with Gasteiger partial charge < -0.3 is 19.9 Å². The highest BCUT2D eigenvalue weighted by molar-refractivity contribution is 6.02. The minimum atomic E-state index is -0.976. The van der Waals surface area contributed by atoms with Crippen LogP contribution in [0.1, 0.15) is 15.9 Å². The van der Waals surface area contributed by atoms with E-state index in [9.17, 15) is 9.90 Å². The van der Waals surface area contributed by atoms with Crippen LogP contribution in [-0.4, -0.2) is 21.2 Å². The SMILES string of the molecule is O=C(O)c1cccc2c(COc3ccccc3O)c[nH]c12. The van der Waals surface area contributed by atoms with Gasteiger partial charge in [-0.2, -0.15) is 0 Å². The number of benzene rings is 2. The fourth-order valence-electron chi connectivity index (χ4n) is 2.24. The first-order chi connectivity index (χ1) is 10.2. The average molecular weight is 283 g/mol. The van der Waals surface area contributed by atoms with Crippen LogP contribution in [0.15, 0.2) is 48.7 Å². The van der Waals surface area contributed by atoms with Crippen molar-refractivity contribution >= 4 is 16.9 Å². The molecule has 0 amide bonds. The molecular formula is C16H13NO4. The zero-order chi connectivity index (χ0) is 14.8. The summed E-state index contributed by atoms with van der Waals surface area (Å²) in [6, 6.07) is 11.8. The number of phenols is 1. The van der Waals surface area contributed by atoms with E-state index in [2.05, 4.69) is 4.98 Å². The molecule has 3 N–H and O–H groups in total. The summed E-state index contributed by atoms with van der Waals surface area (Å²) in [6.07, 6.45) is 1.72. The van der Waals surface area contributed by atoms with Crippen molar-refractivity contribution < 1.29 is 19.7 Å². The van der Waals surface area contributed by atoms with Gasteiger partial charge in [0, 0.05) is 17.1 Å². The number of hydrogen-bond donors (Lipinski definition) is 3. The molecule has 3 rings (SSSR count). The number of carbonyl (C=O) groups is 1. The van der Waals surface area contributed by atoms with Crippen molar-refractivity contribution in [2.24, 2.45) is 0 Å². The minimum Gasteiger partial charge on any atom is -0.504 e. The van der Waals surface area contributed by atoms with E-state index in [0.29, 0.717) is 11.3 Å². The number of H-pyrrole nitrogens is 1. The summed E-state index contributed by atoms with van der Waals surface area (Å²) in [6.45, 7) is 0.237. The van der Waals surface area contributed by atoms with Crippen molar-refractivity contribution in [2.75, 3.05) is 0 Å². The van der Waals surface area contributed by atoms with Gasteiger partial charge in [-0.15, -0.1) is 0 Å². The van der Waals surface area contributed by atoms with Gasteiger partial charge in [0.1, 0.15) is 6.61 Å². The van der Waals surface area contributed by atoms with E-state index in [1.165, 1.54) is 0 Å². The molecule has 1 heterocycles. The Kier molecular flexibility index (Phi) is 3.23. The van der Waals surface area contributed by atoms with Crippen LogP contribution in [-0.2, 0) is 6.61 Å². The summed E-state index contributed by atoms with van der Waals surface area (Å²) >= 11 is 0. The first kappa shape index (κ1) is 13.1. The lowest BCUT2D eigenvalue weighted by molar-refractivity contribution is 0.0699. The zero-order valence-electron chi connectivity index (χ0n) is 11.0. The van der Waals surface area contributed by atoms with E-state index in [0.717, 1.165) is 10.9 Å². The number of phenolic OH excluding ortho intramolecular Hbond substituents is 1. The Morgan fingerprint density at radius 2 is 1.95 bits per heavy atom. The number of nitrogens with one attached hydrogen (secondary N) is 1. The van der Waals surface area contributed by atoms with Crippen LogP contribution in [0, 0.1) is 0 Å². The Morgan fingerprint density at radius 3 is 2.71 bits per heavy atom. The van der Waals surface area contributed by atoms with Crippen molar-refractivity contribution in [2.45, 2.75) is 6.61 Å². The highest BCUT2D eigenvalue weighted by Gasteiger charge is 2.12. The summed E-state index contributed by atoms with van der Waals surface area (Å²) in [4.78, 5) is 14.1. The lowest BCUT2D eigenvalue weighted by Gasteiger charge is -2.07. The Hall–Kier alpha value is -2.95. The zero-order valence-corrected chi connectivity index (χ0v) is 11.0. The molecular weight excluding hydrogens is 270 g/mol. The molecule has 0 aliphatic heterocycles. The van der Waals surface area contributed by atoms with Gasteiger partial charge in [-0.25, -0.2) is 4.79 Å². The first-order valence-corrected chi connectivity index (χ1v) is 6.40. The second kappa shape index (κ2) is 5.20. The van der Waals surface area contributed by atoms with Crippen LogP contribution in [0.4, 0.5) is 0 Å². The molecule has 0 radical (unpaired) electrons. The smallest absolute Gasteiger partial charge is 0.337 e. The molecule has 5 nitrogen and oxygen atoms in total. The third kappa shape index (κ3) is 2.41. The van der Waals surface area contributed by atoms with Gasteiger partial charge in [0.2, 0.25) is 0 Å². The molecule has 2 aromatic carbocycles. The van der Waals surface area contributed by atoms with E-state index < -0.39 is 5.97 Å². The third-order valence-electron chi connectivity index (χ3n) is 3.28. The molecule has 5 heteroatoms. The molecule has 3 aromatic rings. The molecule has 0 bridgehead atoms. The lowest BCUT2D eigenvalue weighted by Crippen LogP contribution is -1.97. The molecule has 106 valence electrons. The predicted molar refractivity (Wildman–Crippen MR) is 77.7 cm³/mol. The van der Waals surface area contributed by atoms with Crippen molar-refractivity contribution in [1.29, 1.82) is 0 Å². The number of aromatic hydroxyl groups is 1. The number of aromatic carboxylic acids is 1. The van der Waals surface area contributed by atoms with Crippen molar-refractivity contribution in [3.05, 3.63) is 59.8 Å². The van der Waals surface area contributed by atoms with Gasteiger partial charge in [0.15, 0.2) is 11.5 Å². The van der Waals surface area contributed by atoms with Gasteiger partial charge in [0.05, 0.1) is 11.1 Å². The van der Waals surface area contributed by atoms with E-state index in [4.69, 9.17) is 9.84 Å². The molecule has 0 saturated heterocycles. The van der Waals surface area contributed by atoms with Crippen molar-refractivity contribution in [3.8, 4) is 11.5 Å². The van der Waals surface area contributed by atoms with Crippen LogP contribution >= 0.6 is 0 Å². The van der Waals surface area contributed by atoms with Gasteiger partial charge in [-0.1, -0.05) is 24.3 Å². The van der Waals surface area contributed by atoms with Gasteiger partial charge in [-0.05, 0) is 18.2 Å². The molecule has 0 unspecified atom stereocenters. The van der Waals surface area contributed by atoms with Crippen molar-refractivity contribution in [3.63, 3.8) is 0 Å². The number of carboxylic acid groups (broad SMARTS) is 1. The fraction of sp³-hybridized carbons (Fsp3) is 0.0625. The summed E-state index contributed by atoms with van der Waals surface area (Å²) < 4.78 is 5.57. The summed E-state index contributed by atoms with van der Waals surface area (Å²) in [5.41, 5.74) is 1.62. The van der Waals surface area contributed by atoms with Crippen LogP contribution < -0.4 is 4.74 Å². The largest absolute Gasteiger partial charge is 0.504 e. The second-order valence-corrected chi connectivity index (χ2v) is 4.60. The molecule has 0 saturated carbocycles. The van der Waals surface area contributed by atoms with Crippen LogP contribution in [0.3, 0.4) is 0 Å². The van der Waals surface area contributed by atoms with E-state index in [-0.39, 0.29) is 17.9 Å². The van der Waals surface area contributed by atoms with E-state index in [1.54, 1.807) is 42.6 Å². The number of aromatic amines is 1. The first-order valence-electron chi connectivity index (χ1n) is 6.40. The lowest BCUT2D eigenvalue weighted by atomic mass is 10.1. The maximum atomic E-state index is 11.2. The standard InChI is InChI=1S/C16H13NO4/c18-13-6-1-2-7-14(13)21-9-10-8-17-15-11(10)4-3-5-12(15)16(19)20/h1-8,17-18H,9H2,(H,19,20). The van der Waals surface area contributed by atoms with E-state index >= 15 is 0 Å². The van der Waals surface area contributed by atoms with Gasteiger partial charge in [-0.3, -0.25) is 0 Å². The Morgan fingerprint density at radius 1 is 1.14 bits per heavy atom. The molecule has 0 spiro atoms. The molecule has 0 aliphatic carbocycles. The maximum Gasteiger partial charge on any atom is 0.337 e. The quantitative estimate of drug-likeness (QED) is 0.687. The van der Waals surface area contributed by atoms with Gasteiger partial charge >= 0.3 is 5.97 Å². The van der Waals surface area contributed by atoms with Crippen LogP contribution in [0.2, 0.25) is 0 Å². The van der Waals surface area contributed by atoms with Crippen LogP contribution in [0.25, 0.3) is 10.9 Å². The number of carboxylic acids is 1. The van der Waals surface area contributed by atoms with E-state index in [1.807, 2.05) is 6.07 Å². The Labute approximate surface area is 120 Å². The number of aromatic nitrogens is 1. The summed E-state index contributed by atoms with van der Waals surface area (Å²) in [5, 5.41) is 19.6. The molecule has 0 aliphatic rings.